The summed E-state index contributed by atoms with van der Waals surface area (Å²) >= 11 is 0. The second kappa shape index (κ2) is 10.8. The van der Waals surface area contributed by atoms with Gasteiger partial charge in [-0.25, -0.2) is 14.6 Å². The van der Waals surface area contributed by atoms with Crippen molar-refractivity contribution in [2.75, 3.05) is 13.2 Å². The maximum atomic E-state index is 11.6. The fourth-order valence-electron chi connectivity index (χ4n) is 6.03. The third-order valence-corrected chi connectivity index (χ3v) is 8.03. The van der Waals surface area contributed by atoms with Crippen LogP contribution >= 0.6 is 0 Å². The van der Waals surface area contributed by atoms with E-state index in [1.807, 2.05) is 19.1 Å². The van der Waals surface area contributed by atoms with Gasteiger partial charge in [0.25, 0.3) is 0 Å². The summed E-state index contributed by atoms with van der Waals surface area (Å²) in [5.41, 5.74) is 2.71. The first-order valence-corrected chi connectivity index (χ1v) is 13.4. The molecule has 0 amide bonds. The van der Waals surface area contributed by atoms with Crippen molar-refractivity contribution in [2.45, 2.75) is 57.8 Å². The molecule has 0 radical (unpaired) electrons. The van der Waals surface area contributed by atoms with Gasteiger partial charge in [-0.2, -0.15) is 4.98 Å². The minimum atomic E-state index is -0.680. The predicted molar refractivity (Wildman–Crippen MR) is 136 cm³/mol. The number of aliphatic carboxylic acids is 1. The molecule has 206 valence electrons. The van der Waals surface area contributed by atoms with Crippen LogP contribution in [0.4, 0.5) is 0 Å². The lowest BCUT2D eigenvalue weighted by Crippen LogP contribution is -2.21. The zero-order chi connectivity index (χ0) is 26.9. The molecule has 4 heterocycles. The predicted octanol–water partition coefficient (Wildman–Crippen LogP) is 2.99. The van der Waals surface area contributed by atoms with Crippen LogP contribution in [0, 0.1) is 24.7 Å². The highest BCUT2D eigenvalue weighted by Gasteiger charge is 2.47. The summed E-state index contributed by atoms with van der Waals surface area (Å²) in [5, 5.41) is 18.0. The Hall–Kier alpha value is -3.80. The number of ether oxygens (including phenoxy) is 4. The van der Waals surface area contributed by atoms with Crippen molar-refractivity contribution in [3.8, 4) is 29.0 Å². The molecule has 2 aliphatic carbocycles. The maximum absolute atomic E-state index is 11.6. The Morgan fingerprint density at radius 1 is 1.13 bits per heavy atom. The highest BCUT2D eigenvalue weighted by molar-refractivity contribution is 5.71. The van der Waals surface area contributed by atoms with E-state index in [0.29, 0.717) is 42.1 Å². The van der Waals surface area contributed by atoms with Crippen molar-refractivity contribution in [3.63, 3.8) is 0 Å². The third-order valence-electron chi connectivity index (χ3n) is 8.03. The number of hydrogen-bond acceptors (Lipinski definition) is 10. The number of aromatic nitrogens is 6. The lowest BCUT2D eigenvalue weighted by atomic mass is 9.92. The lowest BCUT2D eigenvalue weighted by Gasteiger charge is -2.18. The molecule has 12 heteroatoms. The second-order valence-electron chi connectivity index (χ2n) is 10.5. The van der Waals surface area contributed by atoms with Crippen LogP contribution in [0.25, 0.3) is 11.4 Å². The fraction of sp³-hybridized carbons (Fsp3) is 0.556. The summed E-state index contributed by atoms with van der Waals surface area (Å²) < 4.78 is 25.0. The van der Waals surface area contributed by atoms with Gasteiger partial charge in [0.15, 0.2) is 0 Å². The molecule has 0 unspecified atom stereocenters. The number of carboxylic acids is 1. The summed E-state index contributed by atoms with van der Waals surface area (Å²) in [6, 6.07) is 5.65. The Kier molecular flexibility index (Phi) is 7.03. The van der Waals surface area contributed by atoms with Gasteiger partial charge < -0.3 is 24.1 Å². The summed E-state index contributed by atoms with van der Waals surface area (Å²) in [7, 11) is 1.79. The van der Waals surface area contributed by atoms with Crippen LogP contribution in [0.5, 0.6) is 17.6 Å². The molecule has 1 saturated heterocycles. The number of aryl methyl sites for hydroxylation is 2. The van der Waals surface area contributed by atoms with Crippen molar-refractivity contribution < 1.29 is 28.8 Å². The molecular weight excluding hydrogens is 504 g/mol. The SMILES string of the molecule is Cc1nc(-c2nnn(C)c2COc2nccc(O[C@H]3CCOC3)n2)ccc1O[C@@H]1C[C@H]2CC[C@@H](C(=O)O)[C@H]2C1. The van der Waals surface area contributed by atoms with Crippen molar-refractivity contribution in [1.82, 2.24) is 29.9 Å². The van der Waals surface area contributed by atoms with Crippen molar-refractivity contribution >= 4 is 5.97 Å². The van der Waals surface area contributed by atoms with Crippen molar-refractivity contribution in [3.05, 3.63) is 35.8 Å². The monoisotopic (exact) mass is 536 g/mol. The molecule has 1 aliphatic heterocycles. The molecule has 3 aromatic rings. The maximum Gasteiger partial charge on any atom is 0.320 e. The topological polar surface area (TPSA) is 144 Å². The quantitative estimate of drug-likeness (QED) is 0.431. The minimum absolute atomic E-state index is 0.00918. The Labute approximate surface area is 225 Å². The van der Waals surface area contributed by atoms with Gasteiger partial charge in [-0.1, -0.05) is 5.21 Å². The molecule has 3 aromatic heterocycles. The molecule has 3 aliphatic rings. The number of nitrogens with zero attached hydrogens (tertiary/aromatic N) is 6. The van der Waals surface area contributed by atoms with E-state index >= 15 is 0 Å². The van der Waals surface area contributed by atoms with Gasteiger partial charge in [-0.05, 0) is 56.6 Å². The molecule has 5 atom stereocenters. The van der Waals surface area contributed by atoms with E-state index in [0.717, 1.165) is 43.5 Å². The average Bonchev–Trinajstić information content (AvgIpc) is 3.70. The number of hydrogen-bond donors (Lipinski definition) is 1. The molecule has 0 aromatic carbocycles. The smallest absolute Gasteiger partial charge is 0.320 e. The van der Waals surface area contributed by atoms with E-state index in [9.17, 15) is 9.90 Å². The van der Waals surface area contributed by atoms with E-state index in [1.165, 1.54) is 0 Å². The molecule has 1 N–H and O–H groups in total. The Morgan fingerprint density at radius 2 is 2.03 bits per heavy atom. The molecule has 2 saturated carbocycles. The van der Waals surface area contributed by atoms with E-state index in [-0.39, 0.29) is 36.7 Å². The lowest BCUT2D eigenvalue weighted by molar-refractivity contribution is -0.143. The highest BCUT2D eigenvalue weighted by Crippen LogP contribution is 2.48. The van der Waals surface area contributed by atoms with Gasteiger partial charge in [0.1, 0.15) is 29.8 Å². The van der Waals surface area contributed by atoms with Gasteiger partial charge in [-0.15, -0.1) is 5.10 Å². The van der Waals surface area contributed by atoms with Gasteiger partial charge in [0, 0.05) is 25.7 Å². The van der Waals surface area contributed by atoms with E-state index in [4.69, 9.17) is 23.9 Å². The first-order valence-electron chi connectivity index (χ1n) is 13.4. The van der Waals surface area contributed by atoms with Gasteiger partial charge in [0.2, 0.25) is 5.88 Å². The average molecular weight is 537 g/mol. The van der Waals surface area contributed by atoms with E-state index < -0.39 is 5.97 Å². The highest BCUT2D eigenvalue weighted by atomic mass is 16.6. The first kappa shape index (κ1) is 25.5. The largest absolute Gasteiger partial charge is 0.489 e. The summed E-state index contributed by atoms with van der Waals surface area (Å²) in [5.74, 6) is 0.853. The van der Waals surface area contributed by atoms with Crippen LogP contribution < -0.4 is 14.2 Å². The van der Waals surface area contributed by atoms with Crippen LogP contribution in [0.3, 0.4) is 0 Å². The van der Waals surface area contributed by atoms with Crippen molar-refractivity contribution in [2.24, 2.45) is 24.8 Å². The normalized spacial score (nSPS) is 25.9. The first-order chi connectivity index (χ1) is 18.9. The molecule has 0 spiro atoms. The molecule has 39 heavy (non-hydrogen) atoms. The summed E-state index contributed by atoms with van der Waals surface area (Å²) in [4.78, 5) is 24.9. The standard InChI is InChI=1S/C27H32N6O6/c1-15-23(38-18-11-16-3-4-19(26(34)35)20(16)12-18)6-5-21(29-15)25-22(33(2)32-31-25)14-37-27-28-9-7-24(30-27)39-17-8-10-36-13-17/h5-7,9,16-20H,3-4,8,10-14H2,1-2H3,(H,34,35)/t16-,17+,18-,19-,20+/m1/s1. The molecule has 12 nitrogen and oxygen atoms in total. The molecule has 6 rings (SSSR count). The number of fused-ring (bicyclic) bond motifs is 1. The summed E-state index contributed by atoms with van der Waals surface area (Å²) in [6.45, 7) is 3.28. The third kappa shape index (κ3) is 5.38. The van der Waals surface area contributed by atoms with Crippen LogP contribution in [0.2, 0.25) is 0 Å². The second-order valence-corrected chi connectivity index (χ2v) is 10.5. The zero-order valence-electron chi connectivity index (χ0n) is 22.0. The zero-order valence-corrected chi connectivity index (χ0v) is 22.0. The number of carbonyl (C=O) groups is 1. The van der Waals surface area contributed by atoms with E-state index in [2.05, 4.69) is 20.3 Å². The molecule has 0 bridgehead atoms. The van der Waals surface area contributed by atoms with Gasteiger partial charge in [-0.3, -0.25) is 4.79 Å². The minimum Gasteiger partial charge on any atom is -0.489 e. The summed E-state index contributed by atoms with van der Waals surface area (Å²) in [6.07, 6.45) is 5.82. The van der Waals surface area contributed by atoms with Crippen LogP contribution in [0.15, 0.2) is 24.4 Å². The number of carboxylic acid groups (broad SMARTS) is 1. The van der Waals surface area contributed by atoms with Gasteiger partial charge in [0.05, 0.1) is 36.6 Å². The Balaban J connectivity index is 1.11. The Morgan fingerprint density at radius 3 is 2.82 bits per heavy atom. The van der Waals surface area contributed by atoms with Crippen LogP contribution in [0.1, 0.15) is 43.5 Å². The van der Waals surface area contributed by atoms with Gasteiger partial charge >= 0.3 is 12.0 Å². The molecule has 3 fully saturated rings. The number of rotatable bonds is 9. The van der Waals surface area contributed by atoms with E-state index in [1.54, 1.807) is 24.0 Å². The van der Waals surface area contributed by atoms with Crippen LogP contribution in [-0.2, 0) is 23.2 Å². The van der Waals surface area contributed by atoms with Crippen LogP contribution in [-0.4, -0.2) is 66.4 Å². The Bertz CT molecular complexity index is 1340. The fourth-order valence-corrected chi connectivity index (χ4v) is 6.03. The molecular formula is C27H32N6O6. The van der Waals surface area contributed by atoms with Crippen molar-refractivity contribution in [1.29, 1.82) is 0 Å². The number of pyridine rings is 1.